The number of ether oxygens (including phenoxy) is 5. The average Bonchev–Trinajstić information content (AvgIpc) is 3.34. The highest BCUT2D eigenvalue weighted by Gasteiger charge is 2.65. The summed E-state index contributed by atoms with van der Waals surface area (Å²) < 4.78 is 32.5. The lowest BCUT2D eigenvalue weighted by molar-refractivity contribution is -0.253. The van der Waals surface area contributed by atoms with Crippen molar-refractivity contribution in [1.82, 2.24) is 4.90 Å². The van der Waals surface area contributed by atoms with Gasteiger partial charge in [0.25, 0.3) is 0 Å². The van der Waals surface area contributed by atoms with Crippen LogP contribution in [0.1, 0.15) is 67.6 Å². The van der Waals surface area contributed by atoms with E-state index in [1.165, 1.54) is 4.90 Å². The van der Waals surface area contributed by atoms with Crippen LogP contribution in [-0.2, 0) is 32.3 Å². The van der Waals surface area contributed by atoms with Crippen LogP contribution in [0.5, 0.6) is 11.5 Å². The zero-order valence-electron chi connectivity index (χ0n) is 37.5. The fourth-order valence-corrected chi connectivity index (χ4v) is 10.3. The maximum Gasteiger partial charge on any atom is 0.410 e. The van der Waals surface area contributed by atoms with E-state index in [9.17, 15) is 15.0 Å². The first-order valence-electron chi connectivity index (χ1n) is 23.0. The number of carbonyl (C=O) groups excluding carboxylic acids is 1. The Kier molecular flexibility index (Phi) is 18.0. The molecule has 0 bridgehead atoms. The summed E-state index contributed by atoms with van der Waals surface area (Å²) in [5, 5.41) is 24.8. The lowest BCUT2D eigenvalue weighted by Crippen LogP contribution is -2.69. The van der Waals surface area contributed by atoms with Crippen molar-refractivity contribution >= 4 is 23.6 Å². The summed E-state index contributed by atoms with van der Waals surface area (Å²) >= 11 is 1.75. The molecule has 346 valence electrons. The smallest absolute Gasteiger partial charge is 0.410 e. The number of oxime groups is 1. The molecule has 2 aliphatic carbocycles. The molecule has 4 aromatic rings. The van der Waals surface area contributed by atoms with Gasteiger partial charge in [0.05, 0.1) is 38.1 Å². The van der Waals surface area contributed by atoms with E-state index < -0.39 is 23.8 Å². The van der Waals surface area contributed by atoms with E-state index in [1.54, 1.807) is 29.8 Å². The molecule has 1 aliphatic heterocycles. The molecule has 0 radical (unpaired) electrons. The molecule has 3 aliphatic rings. The summed E-state index contributed by atoms with van der Waals surface area (Å²) in [5.41, 5.74) is 4.69. The molecule has 0 spiro atoms. The van der Waals surface area contributed by atoms with Gasteiger partial charge < -0.3 is 43.6 Å². The molecule has 2 N–H and O–H groups in total. The maximum atomic E-state index is 14.2. The average molecular weight is 905 g/mol. The number of unbranched alkanes of at least 4 members (excludes halogenated alkanes) is 2. The number of thioether (sulfide) groups is 1. The third-order valence-electron chi connectivity index (χ3n) is 12.6. The molecule has 7 rings (SSSR count). The number of amides is 1. The van der Waals surface area contributed by atoms with Crippen molar-refractivity contribution in [2.24, 2.45) is 22.9 Å². The first-order valence-corrected chi connectivity index (χ1v) is 24.0. The van der Waals surface area contributed by atoms with Crippen LogP contribution >= 0.6 is 11.8 Å². The van der Waals surface area contributed by atoms with Crippen LogP contribution in [0.25, 0.3) is 0 Å². The summed E-state index contributed by atoms with van der Waals surface area (Å²) in [6, 6.07) is 35.4. The second-order valence-electron chi connectivity index (χ2n) is 16.8. The molecular formula is C53H64N2O9S. The predicted molar refractivity (Wildman–Crippen MR) is 254 cm³/mol. The van der Waals surface area contributed by atoms with Gasteiger partial charge in [0.2, 0.25) is 5.79 Å². The first-order chi connectivity index (χ1) is 32.0. The van der Waals surface area contributed by atoms with Crippen LogP contribution in [0.2, 0.25) is 0 Å². The van der Waals surface area contributed by atoms with Gasteiger partial charge in [-0.3, -0.25) is 0 Å². The Bertz CT molecular complexity index is 2160. The number of nitrogens with zero attached hydrogens (tertiary/aromatic N) is 2. The molecule has 0 saturated heterocycles. The number of aliphatic hydroxyl groups is 2. The van der Waals surface area contributed by atoms with Crippen LogP contribution in [0.3, 0.4) is 0 Å². The Labute approximate surface area is 388 Å². The molecule has 0 aromatic heterocycles. The van der Waals surface area contributed by atoms with E-state index >= 15 is 0 Å². The number of aliphatic hydroxyl groups excluding tert-OH is 2. The third kappa shape index (κ3) is 12.2. The second-order valence-corrected chi connectivity index (χ2v) is 18.0. The highest BCUT2D eigenvalue weighted by Crippen LogP contribution is 2.62. The van der Waals surface area contributed by atoms with Crippen molar-refractivity contribution < 1.29 is 43.5 Å². The van der Waals surface area contributed by atoms with Gasteiger partial charge in [-0.05, 0) is 84.6 Å². The molecule has 6 atom stereocenters. The van der Waals surface area contributed by atoms with Crippen molar-refractivity contribution in [1.29, 1.82) is 0 Å². The van der Waals surface area contributed by atoms with Crippen molar-refractivity contribution in [3.8, 4) is 11.5 Å². The third-order valence-corrected chi connectivity index (χ3v) is 13.6. The fraction of sp³-hybridized carbons (Fsp3) is 0.434. The second kappa shape index (κ2) is 24.4. The molecule has 1 heterocycles. The van der Waals surface area contributed by atoms with E-state index in [-0.39, 0.29) is 63.8 Å². The van der Waals surface area contributed by atoms with Crippen LogP contribution in [0.15, 0.2) is 144 Å². The summed E-state index contributed by atoms with van der Waals surface area (Å²) in [6.45, 7) is 5.87. The summed E-state index contributed by atoms with van der Waals surface area (Å²) in [7, 11) is 1.73. The number of likely N-dealkylation sites (N-methyl/N-ethyl adjacent to an activating group) is 1. The SMILES string of the molecule is C=CCO[C@@]12Oc3ccc(OCCSc4ccccc4)cc3[C@H]3[C@H](CCCCO)[C@@H](CCCCO)C=C(C(=NOCc4ccccc4)C[C@@H]1N(C)C(=O)OCCOCc1ccccc1)[C@H]32. The lowest BCUT2D eigenvalue weighted by Gasteiger charge is -2.59. The monoisotopic (exact) mass is 904 g/mol. The topological polar surface area (TPSA) is 129 Å². The Morgan fingerprint density at radius 2 is 1.57 bits per heavy atom. The molecule has 11 nitrogen and oxygen atoms in total. The van der Waals surface area contributed by atoms with Gasteiger partial charge in [-0.2, -0.15) is 0 Å². The number of carbonyl (C=O) groups is 1. The summed E-state index contributed by atoms with van der Waals surface area (Å²) in [4.78, 5) is 23.2. The van der Waals surface area contributed by atoms with Crippen molar-refractivity contribution in [2.45, 2.75) is 80.8 Å². The van der Waals surface area contributed by atoms with Crippen LogP contribution in [-0.4, -0.2) is 91.2 Å². The highest BCUT2D eigenvalue weighted by molar-refractivity contribution is 7.99. The number of allylic oxidation sites excluding steroid dienone is 1. The van der Waals surface area contributed by atoms with E-state index in [2.05, 4.69) is 30.9 Å². The zero-order valence-corrected chi connectivity index (χ0v) is 38.3. The van der Waals surface area contributed by atoms with E-state index in [0.717, 1.165) is 59.4 Å². The number of fused-ring (bicyclic) bond motifs is 2. The molecule has 1 amide bonds. The van der Waals surface area contributed by atoms with Gasteiger partial charge in [0.1, 0.15) is 30.8 Å². The van der Waals surface area contributed by atoms with Gasteiger partial charge in [-0.25, -0.2) is 4.79 Å². The molecular weight excluding hydrogens is 841 g/mol. The van der Waals surface area contributed by atoms with Gasteiger partial charge in [-0.1, -0.05) is 109 Å². The molecule has 12 heteroatoms. The number of benzene rings is 4. The van der Waals surface area contributed by atoms with E-state index in [4.69, 9.17) is 33.7 Å². The lowest BCUT2D eigenvalue weighted by atomic mass is 9.55. The molecule has 1 saturated carbocycles. The standard InChI is InChI=1S/C53H64N2O9S/c1-3-29-62-53-49(55(2)52(58)61-31-30-59-37-39-17-7-4-8-18-39)36-47(54-63-38-40-19-9-5-10-20-40)45-34-41(21-13-15-27-56)44(24-14-16-28-57)50(51(45)53)46-35-42(25-26-48(46)64-53)60-32-33-65-43-22-11-6-12-23-43/h3-12,17-20,22-23,25-26,34-35,41,44,49-51,56-57H,1,13-16,21,24,27-33,36-38H2,2H3/t41-,44+,49-,50+,51+,53+/m0/s1. The Morgan fingerprint density at radius 3 is 2.28 bits per heavy atom. The van der Waals surface area contributed by atoms with Crippen molar-refractivity contribution in [3.05, 3.63) is 150 Å². The van der Waals surface area contributed by atoms with Gasteiger partial charge in [-0.15, -0.1) is 18.3 Å². The van der Waals surface area contributed by atoms with E-state index in [1.807, 2.05) is 91.0 Å². The normalized spacial score (nSPS) is 22.5. The van der Waals surface area contributed by atoms with Crippen molar-refractivity contribution in [2.75, 3.05) is 52.4 Å². The van der Waals surface area contributed by atoms with E-state index in [0.29, 0.717) is 37.5 Å². The van der Waals surface area contributed by atoms with Crippen LogP contribution < -0.4 is 9.47 Å². The van der Waals surface area contributed by atoms with Crippen molar-refractivity contribution in [3.63, 3.8) is 0 Å². The minimum atomic E-state index is -1.40. The minimum Gasteiger partial charge on any atom is -0.493 e. The molecule has 65 heavy (non-hydrogen) atoms. The van der Waals surface area contributed by atoms with Gasteiger partial charge in [0, 0.05) is 48.8 Å². The Balaban J connectivity index is 1.27. The fourth-order valence-electron chi connectivity index (χ4n) is 9.59. The molecule has 1 fully saturated rings. The summed E-state index contributed by atoms with van der Waals surface area (Å²) in [5.74, 6) is 0.329. The first kappa shape index (κ1) is 47.8. The van der Waals surface area contributed by atoms with Crippen LogP contribution in [0, 0.1) is 17.8 Å². The predicted octanol–water partition coefficient (Wildman–Crippen LogP) is 9.98. The Morgan fingerprint density at radius 1 is 0.877 bits per heavy atom. The van der Waals surface area contributed by atoms with Gasteiger partial charge in [0.15, 0.2) is 0 Å². The number of hydrogen-bond acceptors (Lipinski definition) is 11. The maximum absolute atomic E-state index is 14.2. The number of rotatable bonds is 25. The van der Waals surface area contributed by atoms with Crippen LogP contribution in [0.4, 0.5) is 4.79 Å². The summed E-state index contributed by atoms with van der Waals surface area (Å²) in [6.07, 6.45) is 8.45. The largest absolute Gasteiger partial charge is 0.493 e. The Hall–Kier alpha value is -5.11. The number of hydrogen-bond donors (Lipinski definition) is 2. The minimum absolute atomic E-state index is 0.0559. The molecule has 4 aromatic carbocycles. The zero-order chi connectivity index (χ0) is 45.3. The highest BCUT2D eigenvalue weighted by atomic mass is 32.2. The molecule has 0 unspecified atom stereocenters. The van der Waals surface area contributed by atoms with Gasteiger partial charge >= 0.3 is 6.09 Å². The quantitative estimate of drug-likeness (QED) is 0.0287.